The fourth-order valence-corrected chi connectivity index (χ4v) is 4.31. The molecule has 2 aliphatic rings. The van der Waals surface area contributed by atoms with Gasteiger partial charge in [-0.1, -0.05) is 31.2 Å². The Bertz CT molecular complexity index is 439. The SMILES string of the molecule is CCCNC1(C(F)F)C2CCC1Cc1ccccc1C2. The first kappa shape index (κ1) is 14.0. The van der Waals surface area contributed by atoms with Gasteiger partial charge in [0, 0.05) is 0 Å². The number of hydrogen-bond acceptors (Lipinski definition) is 1. The highest BCUT2D eigenvalue weighted by Crippen LogP contribution is 2.50. The number of nitrogens with one attached hydrogen (secondary N) is 1. The summed E-state index contributed by atoms with van der Waals surface area (Å²) in [5, 5.41) is 3.27. The van der Waals surface area contributed by atoms with Crippen LogP contribution in [-0.2, 0) is 12.8 Å². The molecular weight excluding hydrogens is 256 g/mol. The Morgan fingerprint density at radius 2 is 1.70 bits per heavy atom. The van der Waals surface area contributed by atoms with Crippen LogP contribution in [0, 0.1) is 11.8 Å². The molecule has 0 heterocycles. The van der Waals surface area contributed by atoms with Crippen LogP contribution in [0.25, 0.3) is 0 Å². The zero-order valence-electron chi connectivity index (χ0n) is 12.0. The fourth-order valence-electron chi connectivity index (χ4n) is 4.31. The van der Waals surface area contributed by atoms with Gasteiger partial charge >= 0.3 is 0 Å². The van der Waals surface area contributed by atoms with Gasteiger partial charge in [0.1, 0.15) is 0 Å². The third-order valence-corrected chi connectivity index (χ3v) is 5.31. The normalized spacial score (nSPS) is 32.2. The van der Waals surface area contributed by atoms with Gasteiger partial charge in [0.05, 0.1) is 5.54 Å². The molecule has 0 spiro atoms. The van der Waals surface area contributed by atoms with E-state index >= 15 is 0 Å². The third kappa shape index (κ3) is 2.07. The van der Waals surface area contributed by atoms with Crippen molar-refractivity contribution >= 4 is 0 Å². The molecule has 110 valence electrons. The molecule has 1 aromatic carbocycles. The van der Waals surface area contributed by atoms with Crippen molar-refractivity contribution in [3.63, 3.8) is 0 Å². The van der Waals surface area contributed by atoms with Crippen LogP contribution in [0.4, 0.5) is 8.78 Å². The minimum absolute atomic E-state index is 0.0719. The second-order valence-electron chi connectivity index (χ2n) is 6.31. The Labute approximate surface area is 119 Å². The minimum atomic E-state index is -2.28. The fraction of sp³-hybridized carbons (Fsp3) is 0.647. The molecule has 1 saturated carbocycles. The Balaban J connectivity index is 1.97. The minimum Gasteiger partial charge on any atom is -0.306 e. The highest BCUT2D eigenvalue weighted by Gasteiger charge is 2.56. The number of hydrogen-bond donors (Lipinski definition) is 1. The maximum absolute atomic E-state index is 14.0. The summed E-state index contributed by atoms with van der Waals surface area (Å²) in [6.45, 7) is 2.73. The third-order valence-electron chi connectivity index (χ3n) is 5.31. The summed E-state index contributed by atoms with van der Waals surface area (Å²) in [4.78, 5) is 0. The molecule has 0 saturated heterocycles. The van der Waals surface area contributed by atoms with Crippen molar-refractivity contribution < 1.29 is 8.78 Å². The summed E-state index contributed by atoms with van der Waals surface area (Å²) in [6.07, 6.45) is 2.09. The van der Waals surface area contributed by atoms with E-state index in [1.54, 1.807) is 0 Å². The summed E-state index contributed by atoms with van der Waals surface area (Å²) in [7, 11) is 0. The zero-order chi connectivity index (χ0) is 14.2. The molecule has 2 bridgehead atoms. The van der Waals surface area contributed by atoms with Crippen molar-refractivity contribution in [1.82, 2.24) is 5.32 Å². The van der Waals surface area contributed by atoms with E-state index in [2.05, 4.69) is 17.4 Å². The van der Waals surface area contributed by atoms with Gasteiger partial charge in [-0.3, -0.25) is 0 Å². The average molecular weight is 279 g/mol. The summed E-state index contributed by atoms with van der Waals surface area (Å²) in [5.74, 6) is 0.144. The van der Waals surface area contributed by atoms with E-state index in [9.17, 15) is 8.78 Å². The lowest BCUT2D eigenvalue weighted by molar-refractivity contribution is -0.0182. The van der Waals surface area contributed by atoms with Crippen molar-refractivity contribution in [1.29, 1.82) is 0 Å². The molecule has 0 aromatic heterocycles. The van der Waals surface area contributed by atoms with Gasteiger partial charge in [0.25, 0.3) is 6.43 Å². The molecule has 3 rings (SSSR count). The van der Waals surface area contributed by atoms with Gasteiger partial charge in [-0.2, -0.15) is 0 Å². The molecule has 1 aromatic rings. The van der Waals surface area contributed by atoms with Crippen molar-refractivity contribution in [3.05, 3.63) is 35.4 Å². The summed E-state index contributed by atoms with van der Waals surface area (Å²) in [5.41, 5.74) is 1.60. The molecule has 2 unspecified atom stereocenters. The highest BCUT2D eigenvalue weighted by molar-refractivity contribution is 5.32. The summed E-state index contributed by atoms with van der Waals surface area (Å²) >= 11 is 0. The Morgan fingerprint density at radius 1 is 1.15 bits per heavy atom. The van der Waals surface area contributed by atoms with Crippen LogP contribution in [0.1, 0.15) is 37.3 Å². The average Bonchev–Trinajstić information content (AvgIpc) is 2.68. The van der Waals surface area contributed by atoms with Gasteiger partial charge in [-0.25, -0.2) is 8.78 Å². The highest BCUT2D eigenvalue weighted by atomic mass is 19.3. The lowest BCUT2D eigenvalue weighted by Crippen LogP contribution is -2.59. The summed E-state index contributed by atoms with van der Waals surface area (Å²) in [6, 6.07) is 8.29. The first-order valence-corrected chi connectivity index (χ1v) is 7.78. The van der Waals surface area contributed by atoms with Crippen molar-refractivity contribution in [2.75, 3.05) is 6.54 Å². The van der Waals surface area contributed by atoms with Crippen molar-refractivity contribution in [2.45, 2.75) is 51.0 Å². The summed E-state index contributed by atoms with van der Waals surface area (Å²) < 4.78 is 28.0. The lowest BCUT2D eigenvalue weighted by Gasteiger charge is -2.39. The van der Waals surface area contributed by atoms with Crippen molar-refractivity contribution in [3.8, 4) is 0 Å². The molecular formula is C17H23F2N. The monoisotopic (exact) mass is 279 g/mol. The van der Waals surface area contributed by atoms with Crippen LogP contribution >= 0.6 is 0 Å². The predicted molar refractivity (Wildman–Crippen MR) is 77.1 cm³/mol. The quantitative estimate of drug-likeness (QED) is 0.883. The second-order valence-corrected chi connectivity index (χ2v) is 6.31. The number of fused-ring (bicyclic) bond motifs is 3. The van der Waals surface area contributed by atoms with Crippen LogP contribution in [0.5, 0.6) is 0 Å². The van der Waals surface area contributed by atoms with Gasteiger partial charge in [-0.15, -0.1) is 0 Å². The van der Waals surface area contributed by atoms with E-state index < -0.39 is 12.0 Å². The Kier molecular flexibility index (Phi) is 3.80. The second kappa shape index (κ2) is 5.44. The molecule has 2 atom stereocenters. The maximum atomic E-state index is 14.0. The Morgan fingerprint density at radius 3 is 2.15 bits per heavy atom. The Hall–Kier alpha value is -0.960. The van der Waals surface area contributed by atoms with E-state index in [4.69, 9.17) is 0 Å². The van der Waals surface area contributed by atoms with E-state index in [0.717, 1.165) is 32.1 Å². The smallest absolute Gasteiger partial charge is 0.257 e. The van der Waals surface area contributed by atoms with Gasteiger partial charge in [-0.05, 0) is 61.6 Å². The number of benzene rings is 1. The van der Waals surface area contributed by atoms with Crippen LogP contribution in [-0.4, -0.2) is 18.5 Å². The first-order valence-electron chi connectivity index (χ1n) is 7.78. The molecule has 2 aliphatic carbocycles. The molecule has 1 nitrogen and oxygen atoms in total. The van der Waals surface area contributed by atoms with Crippen LogP contribution in [0.3, 0.4) is 0 Å². The lowest BCUT2D eigenvalue weighted by atomic mass is 9.79. The standard InChI is InChI=1S/C17H23F2N/c1-2-9-20-17(16(18)19)14-7-8-15(17)11-13-6-4-3-5-12(13)10-14/h3-6,14-16,20H,2,7-11H2,1H3. The number of alkyl halides is 2. The van der Waals surface area contributed by atoms with E-state index in [1.165, 1.54) is 11.1 Å². The molecule has 1 N–H and O–H groups in total. The molecule has 0 aliphatic heterocycles. The molecule has 0 amide bonds. The first-order chi connectivity index (χ1) is 9.68. The van der Waals surface area contributed by atoms with Crippen LogP contribution < -0.4 is 5.32 Å². The van der Waals surface area contributed by atoms with Crippen molar-refractivity contribution in [2.24, 2.45) is 11.8 Å². The number of rotatable bonds is 4. The molecule has 3 heteroatoms. The van der Waals surface area contributed by atoms with E-state index in [0.29, 0.717) is 6.54 Å². The predicted octanol–water partition coefficient (Wildman–Crippen LogP) is 3.81. The van der Waals surface area contributed by atoms with E-state index in [-0.39, 0.29) is 11.8 Å². The largest absolute Gasteiger partial charge is 0.306 e. The van der Waals surface area contributed by atoms with Gasteiger partial charge < -0.3 is 5.32 Å². The van der Waals surface area contributed by atoms with E-state index in [1.807, 2.05) is 19.1 Å². The molecule has 0 radical (unpaired) electrons. The maximum Gasteiger partial charge on any atom is 0.257 e. The molecule has 1 fully saturated rings. The van der Waals surface area contributed by atoms with Crippen LogP contribution in [0.15, 0.2) is 24.3 Å². The topological polar surface area (TPSA) is 12.0 Å². The van der Waals surface area contributed by atoms with Gasteiger partial charge in [0.15, 0.2) is 0 Å². The zero-order valence-corrected chi connectivity index (χ0v) is 12.0. The number of halogens is 2. The molecule has 20 heavy (non-hydrogen) atoms. The van der Waals surface area contributed by atoms with Crippen LogP contribution in [0.2, 0.25) is 0 Å². The van der Waals surface area contributed by atoms with Gasteiger partial charge in [0.2, 0.25) is 0 Å².